The van der Waals surface area contributed by atoms with Crippen LogP contribution >= 0.6 is 0 Å². The van der Waals surface area contributed by atoms with Crippen LogP contribution in [0.3, 0.4) is 0 Å². The molecule has 3 nitrogen and oxygen atoms in total. The molecule has 1 rings (SSSR count). The van der Waals surface area contributed by atoms with Gasteiger partial charge in [-0.3, -0.25) is 4.79 Å². The van der Waals surface area contributed by atoms with E-state index in [1.54, 1.807) is 11.9 Å². The Morgan fingerprint density at radius 2 is 1.94 bits per heavy atom. The zero-order valence-electron chi connectivity index (χ0n) is 10.2. The van der Waals surface area contributed by atoms with E-state index >= 15 is 0 Å². The number of nitrogens with zero attached hydrogens (tertiary/aromatic N) is 1. The third kappa shape index (κ3) is 3.07. The van der Waals surface area contributed by atoms with Gasteiger partial charge in [0.25, 0.3) is 0 Å². The summed E-state index contributed by atoms with van der Waals surface area (Å²) in [6.45, 7) is 4.05. The zero-order chi connectivity index (χ0) is 12.1. The number of benzene rings is 1. The first-order chi connectivity index (χ1) is 7.56. The highest BCUT2D eigenvalue weighted by Crippen LogP contribution is 2.14. The standard InChI is InChI=1S/C13H20N2O/c1-4-5-12(14)13(16)15(3)11-8-6-10(2)7-9-11/h6-9,12H,4-5,14H2,1-3H3/t12-/m1/s1. The van der Waals surface area contributed by atoms with Crippen LogP contribution in [0.5, 0.6) is 0 Å². The number of rotatable bonds is 4. The quantitative estimate of drug-likeness (QED) is 0.844. The fourth-order valence-corrected chi connectivity index (χ4v) is 1.58. The third-order valence-corrected chi connectivity index (χ3v) is 2.67. The summed E-state index contributed by atoms with van der Waals surface area (Å²) in [5.41, 5.74) is 7.88. The molecule has 2 N–H and O–H groups in total. The van der Waals surface area contributed by atoms with Crippen molar-refractivity contribution < 1.29 is 4.79 Å². The molecule has 16 heavy (non-hydrogen) atoms. The Morgan fingerprint density at radius 3 is 2.44 bits per heavy atom. The highest BCUT2D eigenvalue weighted by Gasteiger charge is 2.17. The van der Waals surface area contributed by atoms with Crippen molar-refractivity contribution in [3.8, 4) is 0 Å². The smallest absolute Gasteiger partial charge is 0.243 e. The van der Waals surface area contributed by atoms with Gasteiger partial charge in [0.15, 0.2) is 0 Å². The highest BCUT2D eigenvalue weighted by molar-refractivity contribution is 5.96. The van der Waals surface area contributed by atoms with Crippen molar-refractivity contribution >= 4 is 11.6 Å². The van der Waals surface area contributed by atoms with Crippen LogP contribution in [0.15, 0.2) is 24.3 Å². The number of anilines is 1. The second-order valence-electron chi connectivity index (χ2n) is 4.13. The van der Waals surface area contributed by atoms with Crippen LogP contribution in [0.1, 0.15) is 25.3 Å². The topological polar surface area (TPSA) is 46.3 Å². The monoisotopic (exact) mass is 220 g/mol. The molecule has 0 bridgehead atoms. The maximum Gasteiger partial charge on any atom is 0.243 e. The maximum atomic E-state index is 11.9. The van der Waals surface area contributed by atoms with Gasteiger partial charge in [-0.2, -0.15) is 0 Å². The Bertz CT molecular complexity index is 345. The van der Waals surface area contributed by atoms with Crippen molar-refractivity contribution in [3.05, 3.63) is 29.8 Å². The van der Waals surface area contributed by atoms with Crippen LogP contribution in [0.2, 0.25) is 0 Å². The molecule has 3 heteroatoms. The first-order valence-electron chi connectivity index (χ1n) is 5.66. The Labute approximate surface area is 97.2 Å². The van der Waals surface area contributed by atoms with Crippen molar-refractivity contribution in [2.75, 3.05) is 11.9 Å². The Kier molecular flexibility index (Phi) is 4.50. The van der Waals surface area contributed by atoms with Gasteiger partial charge >= 0.3 is 0 Å². The Balaban J connectivity index is 2.73. The fourth-order valence-electron chi connectivity index (χ4n) is 1.58. The van der Waals surface area contributed by atoms with E-state index in [0.717, 1.165) is 18.5 Å². The summed E-state index contributed by atoms with van der Waals surface area (Å²) in [5.74, 6) is -0.0225. The molecule has 0 saturated heterocycles. The first kappa shape index (κ1) is 12.7. The van der Waals surface area contributed by atoms with Crippen LogP contribution in [0, 0.1) is 6.92 Å². The average Bonchev–Trinajstić information content (AvgIpc) is 2.28. The minimum absolute atomic E-state index is 0.0225. The Hall–Kier alpha value is -1.35. The summed E-state index contributed by atoms with van der Waals surface area (Å²) >= 11 is 0. The molecule has 1 aromatic carbocycles. The van der Waals surface area contributed by atoms with Gasteiger partial charge in [0.2, 0.25) is 5.91 Å². The molecule has 0 aliphatic carbocycles. The second-order valence-corrected chi connectivity index (χ2v) is 4.13. The molecule has 0 unspecified atom stereocenters. The van der Waals surface area contributed by atoms with Gasteiger partial charge in [0.05, 0.1) is 6.04 Å². The molecule has 0 aliphatic heterocycles. The van der Waals surface area contributed by atoms with Gasteiger partial charge in [-0.05, 0) is 25.5 Å². The molecule has 1 amide bonds. The number of nitrogens with two attached hydrogens (primary N) is 1. The van der Waals surface area contributed by atoms with Crippen LogP contribution in [-0.4, -0.2) is 19.0 Å². The molecule has 0 heterocycles. The van der Waals surface area contributed by atoms with Gasteiger partial charge in [-0.1, -0.05) is 31.0 Å². The van der Waals surface area contributed by atoms with Crippen molar-refractivity contribution in [2.45, 2.75) is 32.7 Å². The number of hydrogen-bond acceptors (Lipinski definition) is 2. The largest absolute Gasteiger partial charge is 0.320 e. The molecule has 1 atom stereocenters. The highest BCUT2D eigenvalue weighted by atomic mass is 16.2. The zero-order valence-corrected chi connectivity index (χ0v) is 10.2. The van der Waals surface area contributed by atoms with Crippen molar-refractivity contribution in [3.63, 3.8) is 0 Å². The third-order valence-electron chi connectivity index (χ3n) is 2.67. The lowest BCUT2D eigenvalue weighted by Crippen LogP contribution is -2.41. The predicted octanol–water partition coefficient (Wildman–Crippen LogP) is 2.09. The first-order valence-corrected chi connectivity index (χ1v) is 5.66. The molecule has 0 spiro atoms. The van der Waals surface area contributed by atoms with Crippen LogP contribution in [0.25, 0.3) is 0 Å². The van der Waals surface area contributed by atoms with Gasteiger partial charge in [0, 0.05) is 12.7 Å². The van der Waals surface area contributed by atoms with E-state index < -0.39 is 6.04 Å². The lowest BCUT2D eigenvalue weighted by Gasteiger charge is -2.21. The maximum absolute atomic E-state index is 11.9. The number of amides is 1. The summed E-state index contributed by atoms with van der Waals surface area (Å²) in [6.07, 6.45) is 1.66. The molecular formula is C13H20N2O. The number of likely N-dealkylation sites (N-methyl/N-ethyl adjacent to an activating group) is 1. The number of carbonyl (C=O) groups excluding carboxylic acids is 1. The molecule has 0 aromatic heterocycles. The average molecular weight is 220 g/mol. The predicted molar refractivity (Wildman–Crippen MR) is 67.5 cm³/mol. The van der Waals surface area contributed by atoms with E-state index in [-0.39, 0.29) is 5.91 Å². The van der Waals surface area contributed by atoms with Crippen LogP contribution < -0.4 is 10.6 Å². The second kappa shape index (κ2) is 5.66. The normalized spacial score (nSPS) is 12.2. The van der Waals surface area contributed by atoms with Gasteiger partial charge in [-0.15, -0.1) is 0 Å². The summed E-state index contributed by atoms with van der Waals surface area (Å²) in [5, 5.41) is 0. The van der Waals surface area contributed by atoms with E-state index in [1.807, 2.05) is 38.1 Å². The minimum atomic E-state index is -0.392. The van der Waals surface area contributed by atoms with E-state index in [4.69, 9.17) is 5.73 Å². The van der Waals surface area contributed by atoms with E-state index in [1.165, 1.54) is 5.56 Å². The number of aryl methyl sites for hydroxylation is 1. The summed E-state index contributed by atoms with van der Waals surface area (Å²) in [6, 6.07) is 7.46. The SMILES string of the molecule is CCC[C@@H](N)C(=O)N(C)c1ccc(C)cc1. The van der Waals surface area contributed by atoms with Crippen LogP contribution in [0.4, 0.5) is 5.69 Å². The molecular weight excluding hydrogens is 200 g/mol. The lowest BCUT2D eigenvalue weighted by atomic mass is 10.1. The molecule has 88 valence electrons. The number of hydrogen-bond donors (Lipinski definition) is 1. The van der Waals surface area contributed by atoms with Crippen molar-refractivity contribution in [2.24, 2.45) is 5.73 Å². The fraction of sp³-hybridized carbons (Fsp3) is 0.462. The summed E-state index contributed by atoms with van der Waals surface area (Å²) < 4.78 is 0. The summed E-state index contributed by atoms with van der Waals surface area (Å²) in [4.78, 5) is 13.5. The summed E-state index contributed by atoms with van der Waals surface area (Å²) in [7, 11) is 1.77. The molecule has 1 aromatic rings. The van der Waals surface area contributed by atoms with E-state index in [0.29, 0.717) is 0 Å². The minimum Gasteiger partial charge on any atom is -0.320 e. The van der Waals surface area contributed by atoms with Crippen molar-refractivity contribution in [1.82, 2.24) is 0 Å². The Morgan fingerprint density at radius 1 is 1.38 bits per heavy atom. The molecule has 0 aliphatic rings. The van der Waals surface area contributed by atoms with Crippen molar-refractivity contribution in [1.29, 1.82) is 0 Å². The van der Waals surface area contributed by atoms with Crippen LogP contribution in [-0.2, 0) is 4.79 Å². The molecule has 0 radical (unpaired) electrons. The van der Waals surface area contributed by atoms with Gasteiger partial charge in [0.1, 0.15) is 0 Å². The lowest BCUT2D eigenvalue weighted by molar-refractivity contribution is -0.119. The molecule has 0 fully saturated rings. The van der Waals surface area contributed by atoms with E-state index in [2.05, 4.69) is 0 Å². The number of carbonyl (C=O) groups is 1. The van der Waals surface area contributed by atoms with E-state index in [9.17, 15) is 4.79 Å². The molecule has 0 saturated carbocycles. The van der Waals surface area contributed by atoms with Gasteiger partial charge < -0.3 is 10.6 Å². The van der Waals surface area contributed by atoms with Gasteiger partial charge in [-0.25, -0.2) is 0 Å².